The minimum absolute atomic E-state index is 0.00688. The monoisotopic (exact) mass is 273 g/mol. The molecule has 2 atom stereocenters. The van der Waals surface area contributed by atoms with Gasteiger partial charge in [0.15, 0.2) is 11.6 Å². The van der Waals surface area contributed by atoms with Gasteiger partial charge in [-0.3, -0.25) is 4.79 Å². The highest BCUT2D eigenvalue weighted by molar-refractivity contribution is 5.94. The van der Waals surface area contributed by atoms with Crippen molar-refractivity contribution in [2.24, 2.45) is 0 Å². The number of halogens is 2. The standard InChI is InChI=1S/C16H13F2NO/c17-13-7-6-11(8-14(13)18)12-9-15(12)19-16(20)10-4-2-1-3-5-10/h1-8,12,15H,9H2,(H,19,20). The summed E-state index contributed by atoms with van der Waals surface area (Å²) >= 11 is 0. The average molecular weight is 273 g/mol. The molecule has 1 aliphatic carbocycles. The van der Waals surface area contributed by atoms with Crippen LogP contribution in [0.15, 0.2) is 48.5 Å². The van der Waals surface area contributed by atoms with Gasteiger partial charge in [0.25, 0.3) is 5.91 Å². The van der Waals surface area contributed by atoms with Crippen LogP contribution < -0.4 is 5.32 Å². The van der Waals surface area contributed by atoms with Crippen molar-refractivity contribution in [3.63, 3.8) is 0 Å². The summed E-state index contributed by atoms with van der Waals surface area (Å²) in [6.07, 6.45) is 0.754. The highest BCUT2D eigenvalue weighted by atomic mass is 19.2. The van der Waals surface area contributed by atoms with Crippen LogP contribution >= 0.6 is 0 Å². The molecule has 0 saturated heterocycles. The highest BCUT2D eigenvalue weighted by Crippen LogP contribution is 2.41. The maximum atomic E-state index is 13.2. The van der Waals surface area contributed by atoms with Crippen LogP contribution in [-0.2, 0) is 0 Å². The Bertz CT molecular complexity index is 642. The summed E-state index contributed by atoms with van der Waals surface area (Å²) in [7, 11) is 0. The highest BCUT2D eigenvalue weighted by Gasteiger charge is 2.39. The lowest BCUT2D eigenvalue weighted by molar-refractivity contribution is 0.0950. The molecule has 102 valence electrons. The van der Waals surface area contributed by atoms with E-state index in [1.165, 1.54) is 6.07 Å². The molecule has 3 rings (SSSR count). The Balaban J connectivity index is 1.65. The maximum absolute atomic E-state index is 13.2. The zero-order chi connectivity index (χ0) is 14.1. The van der Waals surface area contributed by atoms with Gasteiger partial charge in [0, 0.05) is 17.5 Å². The number of amides is 1. The molecule has 0 heterocycles. The van der Waals surface area contributed by atoms with Crippen molar-refractivity contribution in [2.75, 3.05) is 0 Å². The summed E-state index contributed by atoms with van der Waals surface area (Å²) in [6.45, 7) is 0. The summed E-state index contributed by atoms with van der Waals surface area (Å²) in [5.41, 5.74) is 1.32. The molecule has 1 aliphatic rings. The fourth-order valence-corrected chi connectivity index (χ4v) is 2.31. The molecule has 2 aromatic rings. The fraction of sp³-hybridized carbons (Fsp3) is 0.188. The van der Waals surface area contributed by atoms with Crippen molar-refractivity contribution >= 4 is 5.91 Å². The zero-order valence-corrected chi connectivity index (χ0v) is 10.6. The fourth-order valence-electron chi connectivity index (χ4n) is 2.31. The van der Waals surface area contributed by atoms with E-state index >= 15 is 0 Å². The molecular weight excluding hydrogens is 260 g/mol. The molecule has 4 heteroatoms. The molecule has 0 spiro atoms. The van der Waals surface area contributed by atoms with Crippen LogP contribution in [0.25, 0.3) is 0 Å². The Morgan fingerprint density at radius 2 is 1.80 bits per heavy atom. The molecule has 1 fully saturated rings. The predicted octanol–water partition coefficient (Wildman–Crippen LogP) is 3.25. The first-order valence-electron chi connectivity index (χ1n) is 6.46. The van der Waals surface area contributed by atoms with Gasteiger partial charge in [-0.2, -0.15) is 0 Å². The number of rotatable bonds is 3. The van der Waals surface area contributed by atoms with Crippen LogP contribution in [0.1, 0.15) is 28.3 Å². The van der Waals surface area contributed by atoms with Crippen molar-refractivity contribution in [2.45, 2.75) is 18.4 Å². The van der Waals surface area contributed by atoms with Crippen molar-refractivity contribution in [3.05, 3.63) is 71.3 Å². The van der Waals surface area contributed by atoms with Gasteiger partial charge in [-0.05, 0) is 36.2 Å². The molecule has 1 N–H and O–H groups in total. The third-order valence-corrected chi connectivity index (χ3v) is 3.51. The normalized spacial score (nSPS) is 20.5. The molecule has 1 amide bonds. The van der Waals surface area contributed by atoms with Crippen LogP contribution in [0.3, 0.4) is 0 Å². The van der Waals surface area contributed by atoms with Gasteiger partial charge < -0.3 is 5.32 Å². The Kier molecular flexibility index (Phi) is 3.22. The zero-order valence-electron chi connectivity index (χ0n) is 10.6. The van der Waals surface area contributed by atoms with Crippen molar-refractivity contribution in [1.29, 1.82) is 0 Å². The predicted molar refractivity (Wildman–Crippen MR) is 71.4 cm³/mol. The van der Waals surface area contributed by atoms with Gasteiger partial charge in [-0.15, -0.1) is 0 Å². The number of benzene rings is 2. The van der Waals surface area contributed by atoms with Gasteiger partial charge in [-0.1, -0.05) is 24.3 Å². The van der Waals surface area contributed by atoms with Crippen LogP contribution in [0.5, 0.6) is 0 Å². The Morgan fingerprint density at radius 3 is 2.50 bits per heavy atom. The van der Waals surface area contributed by atoms with Gasteiger partial charge in [-0.25, -0.2) is 8.78 Å². The van der Waals surface area contributed by atoms with Crippen LogP contribution in [0.4, 0.5) is 8.78 Å². The minimum atomic E-state index is -0.848. The van der Waals surface area contributed by atoms with E-state index < -0.39 is 11.6 Å². The van der Waals surface area contributed by atoms with Crippen LogP contribution in [-0.4, -0.2) is 11.9 Å². The quantitative estimate of drug-likeness (QED) is 0.913. The van der Waals surface area contributed by atoms with Gasteiger partial charge in [0.1, 0.15) is 0 Å². The smallest absolute Gasteiger partial charge is 0.251 e. The average Bonchev–Trinajstić information content (AvgIpc) is 3.22. The first-order chi connectivity index (χ1) is 9.65. The van der Waals surface area contributed by atoms with E-state index in [9.17, 15) is 13.6 Å². The largest absolute Gasteiger partial charge is 0.349 e. The SMILES string of the molecule is O=C(NC1CC1c1ccc(F)c(F)c1)c1ccccc1. The van der Waals surface area contributed by atoms with Gasteiger partial charge >= 0.3 is 0 Å². The second kappa shape index (κ2) is 5.04. The van der Waals surface area contributed by atoms with E-state index in [0.29, 0.717) is 5.56 Å². The van der Waals surface area contributed by atoms with E-state index in [4.69, 9.17) is 0 Å². The van der Waals surface area contributed by atoms with E-state index in [2.05, 4.69) is 5.32 Å². The molecule has 0 aromatic heterocycles. The molecular formula is C16H13F2NO. The minimum Gasteiger partial charge on any atom is -0.349 e. The van der Waals surface area contributed by atoms with Crippen molar-refractivity contribution < 1.29 is 13.6 Å². The molecule has 20 heavy (non-hydrogen) atoms. The molecule has 0 aliphatic heterocycles. The third-order valence-electron chi connectivity index (χ3n) is 3.51. The lowest BCUT2D eigenvalue weighted by Gasteiger charge is -2.05. The van der Waals surface area contributed by atoms with Crippen LogP contribution in [0, 0.1) is 11.6 Å². The van der Waals surface area contributed by atoms with Crippen molar-refractivity contribution in [3.8, 4) is 0 Å². The Morgan fingerprint density at radius 1 is 1.05 bits per heavy atom. The summed E-state index contributed by atoms with van der Waals surface area (Å²) in [4.78, 5) is 11.9. The Labute approximate surface area is 115 Å². The lowest BCUT2D eigenvalue weighted by Crippen LogP contribution is -2.26. The van der Waals surface area contributed by atoms with Gasteiger partial charge in [0.05, 0.1) is 0 Å². The number of carbonyl (C=O) groups excluding carboxylic acids is 1. The third kappa shape index (κ3) is 2.54. The first-order valence-corrected chi connectivity index (χ1v) is 6.46. The Hall–Kier alpha value is -2.23. The van der Waals surface area contributed by atoms with Crippen molar-refractivity contribution in [1.82, 2.24) is 5.32 Å². The maximum Gasteiger partial charge on any atom is 0.251 e. The molecule has 0 radical (unpaired) electrons. The van der Waals surface area contributed by atoms with E-state index in [1.54, 1.807) is 30.3 Å². The molecule has 2 aromatic carbocycles. The number of hydrogen-bond acceptors (Lipinski definition) is 1. The van der Waals surface area contributed by atoms with E-state index in [0.717, 1.165) is 18.1 Å². The molecule has 2 nitrogen and oxygen atoms in total. The van der Waals surface area contributed by atoms with Crippen LogP contribution in [0.2, 0.25) is 0 Å². The lowest BCUT2D eigenvalue weighted by atomic mass is 10.1. The summed E-state index contributed by atoms with van der Waals surface area (Å²) in [5.74, 6) is -1.76. The second-order valence-electron chi connectivity index (χ2n) is 4.96. The second-order valence-corrected chi connectivity index (χ2v) is 4.96. The summed E-state index contributed by atoms with van der Waals surface area (Å²) < 4.78 is 26.0. The number of hydrogen-bond donors (Lipinski definition) is 1. The van der Waals surface area contributed by atoms with E-state index in [1.807, 2.05) is 6.07 Å². The van der Waals surface area contributed by atoms with Gasteiger partial charge in [0.2, 0.25) is 0 Å². The number of carbonyl (C=O) groups is 1. The molecule has 1 saturated carbocycles. The first kappa shape index (κ1) is 12.8. The van der Waals surface area contributed by atoms with E-state index in [-0.39, 0.29) is 17.9 Å². The number of nitrogens with one attached hydrogen (secondary N) is 1. The molecule has 0 bridgehead atoms. The topological polar surface area (TPSA) is 29.1 Å². The summed E-state index contributed by atoms with van der Waals surface area (Å²) in [6, 6.07) is 12.8. The summed E-state index contributed by atoms with van der Waals surface area (Å²) in [5, 5.41) is 2.90. The molecule has 2 unspecified atom stereocenters.